The Morgan fingerprint density at radius 1 is 1.16 bits per heavy atom. The Morgan fingerprint density at radius 2 is 1.94 bits per heavy atom. The molecule has 1 atom stereocenters. The lowest BCUT2D eigenvalue weighted by molar-refractivity contribution is -0.131. The molecule has 2 aromatic carbocycles. The third-order valence-electron chi connectivity index (χ3n) is 5.76. The summed E-state index contributed by atoms with van der Waals surface area (Å²) >= 11 is 1.53. The van der Waals surface area contributed by atoms with Crippen molar-refractivity contribution in [1.29, 1.82) is 0 Å². The van der Waals surface area contributed by atoms with E-state index in [2.05, 4.69) is 4.98 Å². The summed E-state index contributed by atoms with van der Waals surface area (Å²) in [5.41, 5.74) is 2.68. The molecule has 5 rings (SSSR count). The molecule has 3 heterocycles. The highest BCUT2D eigenvalue weighted by Gasteiger charge is 2.31. The Hall–Kier alpha value is -2.93. The number of aromatic nitrogens is 1. The maximum Gasteiger partial charge on any atom is 0.228 e. The van der Waals surface area contributed by atoms with Crippen molar-refractivity contribution in [3.05, 3.63) is 63.7 Å². The third kappa shape index (κ3) is 4.02. The molecule has 0 N–H and O–H groups in total. The molecule has 31 heavy (non-hydrogen) atoms. The Morgan fingerprint density at radius 3 is 2.74 bits per heavy atom. The molecule has 2 aliphatic rings. The molecule has 160 valence electrons. The van der Waals surface area contributed by atoms with Gasteiger partial charge in [0.15, 0.2) is 11.5 Å². The fraction of sp³-hybridized carbons (Fsp3) is 0.333. The van der Waals surface area contributed by atoms with Gasteiger partial charge in [-0.3, -0.25) is 4.79 Å². The molecule has 1 amide bonds. The number of fused-ring (bicyclic) bond motifs is 1. The van der Waals surface area contributed by atoms with E-state index in [1.54, 1.807) is 12.1 Å². The number of rotatable bonds is 4. The normalized spacial score (nSPS) is 17.7. The van der Waals surface area contributed by atoms with E-state index in [9.17, 15) is 9.18 Å². The Balaban J connectivity index is 1.38. The summed E-state index contributed by atoms with van der Waals surface area (Å²) in [5, 5.41) is 0.895. The van der Waals surface area contributed by atoms with Crippen LogP contribution in [0.1, 0.15) is 34.3 Å². The van der Waals surface area contributed by atoms with Crippen molar-refractivity contribution >= 4 is 17.2 Å². The molecule has 3 aromatic rings. The number of amides is 1. The predicted octanol–water partition coefficient (Wildman–Crippen LogP) is 4.94. The summed E-state index contributed by atoms with van der Waals surface area (Å²) in [7, 11) is 0. The molecule has 0 spiro atoms. The first-order valence-electron chi connectivity index (χ1n) is 10.5. The number of hydrogen-bond donors (Lipinski definition) is 0. The highest BCUT2D eigenvalue weighted by molar-refractivity contribution is 7.12. The van der Waals surface area contributed by atoms with Crippen LogP contribution >= 0.6 is 11.3 Å². The summed E-state index contributed by atoms with van der Waals surface area (Å²) in [5.74, 6) is 1.31. The summed E-state index contributed by atoms with van der Waals surface area (Å²) in [6.45, 7) is 3.77. The molecule has 2 aliphatic heterocycles. The number of benzene rings is 2. The van der Waals surface area contributed by atoms with Crippen molar-refractivity contribution < 1.29 is 18.7 Å². The largest absolute Gasteiger partial charge is 0.486 e. The van der Waals surface area contributed by atoms with E-state index in [4.69, 9.17) is 9.47 Å². The van der Waals surface area contributed by atoms with Crippen LogP contribution in [0.25, 0.3) is 11.3 Å². The molecular weight excluding hydrogens is 415 g/mol. The van der Waals surface area contributed by atoms with Gasteiger partial charge < -0.3 is 14.4 Å². The van der Waals surface area contributed by atoms with E-state index in [1.165, 1.54) is 23.5 Å². The van der Waals surface area contributed by atoms with Gasteiger partial charge in [0, 0.05) is 17.0 Å². The number of aryl methyl sites for hydroxylation is 1. The third-order valence-corrected chi connectivity index (χ3v) is 6.73. The number of thiazole rings is 1. The van der Waals surface area contributed by atoms with Crippen molar-refractivity contribution in [3.8, 4) is 22.8 Å². The van der Waals surface area contributed by atoms with Gasteiger partial charge in [0.05, 0.1) is 23.2 Å². The molecule has 7 heteroatoms. The van der Waals surface area contributed by atoms with Crippen molar-refractivity contribution in [2.45, 2.75) is 32.2 Å². The predicted molar refractivity (Wildman–Crippen MR) is 117 cm³/mol. The summed E-state index contributed by atoms with van der Waals surface area (Å²) in [6.07, 6.45) is 2.19. The van der Waals surface area contributed by atoms with Crippen LogP contribution in [-0.2, 0) is 11.2 Å². The molecule has 1 aromatic heterocycles. The highest BCUT2D eigenvalue weighted by Crippen LogP contribution is 2.39. The van der Waals surface area contributed by atoms with Crippen LogP contribution in [0.2, 0.25) is 0 Å². The first-order chi connectivity index (χ1) is 15.1. The number of carbonyl (C=O) groups is 1. The van der Waals surface area contributed by atoms with Crippen LogP contribution in [0.4, 0.5) is 4.39 Å². The van der Waals surface area contributed by atoms with Gasteiger partial charge in [-0.05, 0) is 61.7 Å². The molecule has 0 unspecified atom stereocenters. The van der Waals surface area contributed by atoms with Gasteiger partial charge in [-0.1, -0.05) is 6.07 Å². The average Bonchev–Trinajstić information content (AvgIpc) is 3.41. The zero-order valence-corrected chi connectivity index (χ0v) is 18.1. The van der Waals surface area contributed by atoms with Crippen LogP contribution in [0, 0.1) is 12.7 Å². The second-order valence-corrected chi connectivity index (χ2v) is 9.12. The lowest BCUT2D eigenvalue weighted by Crippen LogP contribution is -2.31. The molecule has 0 saturated carbocycles. The first-order valence-corrected chi connectivity index (χ1v) is 11.3. The van der Waals surface area contributed by atoms with Crippen LogP contribution in [-0.4, -0.2) is 35.5 Å². The number of hydrogen-bond acceptors (Lipinski definition) is 5. The van der Waals surface area contributed by atoms with E-state index >= 15 is 0 Å². The second-order valence-electron chi connectivity index (χ2n) is 7.84. The zero-order chi connectivity index (χ0) is 21.4. The molecule has 0 bridgehead atoms. The van der Waals surface area contributed by atoms with E-state index < -0.39 is 0 Å². The maximum absolute atomic E-state index is 13.3. The van der Waals surface area contributed by atoms with Crippen molar-refractivity contribution in [1.82, 2.24) is 9.88 Å². The molecule has 0 aliphatic carbocycles. The van der Waals surface area contributed by atoms with Gasteiger partial charge in [0.1, 0.15) is 19.0 Å². The SMILES string of the molecule is Cc1nc(-c2ccc(F)cc2)c(CC(=O)N2CCC[C@H]2c2ccc3c(c2)OCCO3)s1. The number of carbonyl (C=O) groups excluding carboxylic acids is 1. The topological polar surface area (TPSA) is 51.7 Å². The summed E-state index contributed by atoms with van der Waals surface area (Å²) in [6, 6.07) is 12.3. The minimum atomic E-state index is -0.285. The van der Waals surface area contributed by atoms with Crippen LogP contribution in [0.15, 0.2) is 42.5 Å². The minimum Gasteiger partial charge on any atom is -0.486 e. The molecule has 1 saturated heterocycles. The molecule has 0 radical (unpaired) electrons. The van der Waals surface area contributed by atoms with E-state index in [-0.39, 0.29) is 17.8 Å². The van der Waals surface area contributed by atoms with Crippen molar-refractivity contribution in [2.75, 3.05) is 19.8 Å². The van der Waals surface area contributed by atoms with Gasteiger partial charge in [-0.15, -0.1) is 11.3 Å². The van der Waals surface area contributed by atoms with Gasteiger partial charge in [0.2, 0.25) is 5.91 Å². The lowest BCUT2D eigenvalue weighted by Gasteiger charge is -2.27. The fourth-order valence-electron chi connectivity index (χ4n) is 4.34. The molecular formula is C24H23FN2O3S. The highest BCUT2D eigenvalue weighted by atomic mass is 32.1. The second kappa shape index (κ2) is 8.30. The summed E-state index contributed by atoms with van der Waals surface area (Å²) < 4.78 is 24.7. The fourth-order valence-corrected chi connectivity index (χ4v) is 5.29. The lowest BCUT2D eigenvalue weighted by atomic mass is 10.0. The zero-order valence-electron chi connectivity index (χ0n) is 17.3. The van der Waals surface area contributed by atoms with Gasteiger partial charge in [-0.2, -0.15) is 0 Å². The number of halogens is 1. The number of likely N-dealkylation sites (tertiary alicyclic amines) is 1. The average molecular weight is 439 g/mol. The smallest absolute Gasteiger partial charge is 0.228 e. The van der Waals surface area contributed by atoms with E-state index in [0.29, 0.717) is 19.6 Å². The van der Waals surface area contributed by atoms with Crippen LogP contribution in [0.5, 0.6) is 11.5 Å². The monoisotopic (exact) mass is 438 g/mol. The minimum absolute atomic E-state index is 0.0339. The van der Waals surface area contributed by atoms with Gasteiger partial charge in [-0.25, -0.2) is 9.37 Å². The quantitative estimate of drug-likeness (QED) is 0.579. The molecule has 5 nitrogen and oxygen atoms in total. The van der Waals surface area contributed by atoms with Crippen LogP contribution in [0.3, 0.4) is 0 Å². The van der Waals surface area contributed by atoms with Gasteiger partial charge >= 0.3 is 0 Å². The van der Waals surface area contributed by atoms with Crippen molar-refractivity contribution in [2.24, 2.45) is 0 Å². The standard InChI is InChI=1S/C24H23FN2O3S/c1-15-26-24(16-4-7-18(25)8-5-16)22(31-15)14-23(28)27-10-2-3-19(27)17-6-9-20-21(13-17)30-12-11-29-20/h4-9,13,19H,2-3,10-12,14H2,1H3/t19-/m0/s1. The van der Waals surface area contributed by atoms with E-state index in [1.807, 2.05) is 30.0 Å². The van der Waals surface area contributed by atoms with Crippen LogP contribution < -0.4 is 9.47 Å². The Labute approximate surface area is 184 Å². The first kappa shape index (κ1) is 20.0. The maximum atomic E-state index is 13.3. The Bertz CT molecular complexity index is 1110. The number of nitrogens with zero attached hydrogens (tertiary/aromatic N) is 2. The molecule has 1 fully saturated rings. The van der Waals surface area contributed by atoms with Crippen molar-refractivity contribution in [3.63, 3.8) is 0 Å². The number of ether oxygens (including phenoxy) is 2. The Kier molecular flexibility index (Phi) is 5.36. The van der Waals surface area contributed by atoms with Gasteiger partial charge in [0.25, 0.3) is 0 Å². The summed E-state index contributed by atoms with van der Waals surface area (Å²) in [4.78, 5) is 20.8. The van der Waals surface area contributed by atoms with E-state index in [0.717, 1.165) is 57.6 Å².